The van der Waals surface area contributed by atoms with Gasteiger partial charge in [-0.05, 0) is 37.1 Å². The van der Waals surface area contributed by atoms with E-state index >= 15 is 0 Å². The highest BCUT2D eigenvalue weighted by atomic mass is 35.5. The number of methoxy groups -OCH3 is 2. The zero-order valence-corrected chi connectivity index (χ0v) is 20.3. The van der Waals surface area contributed by atoms with E-state index in [1.807, 2.05) is 23.6 Å². The number of hydrogen-bond donors (Lipinski definition) is 0. The van der Waals surface area contributed by atoms with Gasteiger partial charge in [0.1, 0.15) is 11.5 Å². The Morgan fingerprint density at radius 3 is 2.59 bits per heavy atom. The van der Waals surface area contributed by atoms with E-state index < -0.39 is 15.1 Å². The van der Waals surface area contributed by atoms with Crippen LogP contribution < -0.4 is 14.4 Å². The van der Waals surface area contributed by atoms with Crippen LogP contribution in [0, 0.1) is 0 Å². The van der Waals surface area contributed by atoms with Gasteiger partial charge in [-0.3, -0.25) is 0 Å². The van der Waals surface area contributed by atoms with Crippen molar-refractivity contribution < 1.29 is 17.9 Å². The normalized spacial score (nSPS) is 15.0. The lowest BCUT2D eigenvalue weighted by Crippen LogP contribution is -2.39. The first kappa shape index (κ1) is 22.9. The Hall–Kier alpha value is -2.29. The van der Waals surface area contributed by atoms with E-state index in [0.717, 1.165) is 27.9 Å². The van der Waals surface area contributed by atoms with E-state index in [1.165, 1.54) is 6.07 Å². The predicted octanol–water partition coefficient (Wildman–Crippen LogP) is 4.85. The maximum absolute atomic E-state index is 13.0. The van der Waals surface area contributed by atoms with Crippen molar-refractivity contribution in [3.8, 4) is 11.5 Å². The fraction of sp³-hybridized carbons (Fsp3) is 0.348. The number of benzene rings is 2. The van der Waals surface area contributed by atoms with Crippen molar-refractivity contribution in [1.82, 2.24) is 4.98 Å². The summed E-state index contributed by atoms with van der Waals surface area (Å²) in [7, 11) is -0.117. The SMILES string of the molecule is COc1ccc(Cc2csc(N3CCC(S(=O)(=O)c4cccc(Cl)c4)CC3)n2)c(OC)c1. The summed E-state index contributed by atoms with van der Waals surface area (Å²) in [6, 6.07) is 12.3. The minimum absolute atomic E-state index is 0.299. The summed E-state index contributed by atoms with van der Waals surface area (Å²) in [6.07, 6.45) is 1.79. The number of hydrogen-bond acceptors (Lipinski definition) is 7. The van der Waals surface area contributed by atoms with Crippen molar-refractivity contribution in [3.05, 3.63) is 64.1 Å². The standard InChI is InChI=1S/C23H25ClN2O4S2/c1-29-19-7-6-16(22(14-19)30-2)12-18-15-31-23(25-18)26-10-8-20(9-11-26)32(27,28)21-5-3-4-17(24)13-21/h3-7,13-15,20H,8-12H2,1-2H3. The molecule has 3 aromatic rings. The van der Waals surface area contributed by atoms with Gasteiger partial charge in [-0.25, -0.2) is 13.4 Å². The van der Waals surface area contributed by atoms with Gasteiger partial charge in [0.2, 0.25) is 0 Å². The molecule has 0 saturated carbocycles. The number of halogens is 1. The van der Waals surface area contributed by atoms with Crippen LogP contribution in [0.2, 0.25) is 5.02 Å². The molecule has 4 rings (SSSR count). The highest BCUT2D eigenvalue weighted by molar-refractivity contribution is 7.92. The van der Waals surface area contributed by atoms with E-state index in [0.29, 0.717) is 42.3 Å². The van der Waals surface area contributed by atoms with E-state index in [9.17, 15) is 8.42 Å². The molecule has 1 aliphatic heterocycles. The average Bonchev–Trinajstić information content (AvgIpc) is 3.28. The number of rotatable bonds is 7. The first-order valence-electron chi connectivity index (χ1n) is 10.3. The number of anilines is 1. The molecule has 0 radical (unpaired) electrons. The van der Waals surface area contributed by atoms with Gasteiger partial charge < -0.3 is 14.4 Å². The molecule has 1 aliphatic rings. The van der Waals surface area contributed by atoms with Gasteiger partial charge >= 0.3 is 0 Å². The molecule has 1 aromatic heterocycles. The van der Waals surface area contributed by atoms with Gasteiger partial charge in [0, 0.05) is 41.5 Å². The van der Waals surface area contributed by atoms with Gasteiger partial charge in [-0.15, -0.1) is 11.3 Å². The van der Waals surface area contributed by atoms with Gasteiger partial charge in [-0.1, -0.05) is 23.7 Å². The maximum atomic E-state index is 13.0. The number of piperidine rings is 1. The maximum Gasteiger partial charge on any atom is 0.185 e. The summed E-state index contributed by atoms with van der Waals surface area (Å²) in [5.41, 5.74) is 2.00. The number of thiazole rings is 1. The molecule has 0 N–H and O–H groups in total. The molecule has 9 heteroatoms. The van der Waals surface area contributed by atoms with Crippen LogP contribution in [-0.2, 0) is 16.3 Å². The van der Waals surface area contributed by atoms with E-state index in [4.69, 9.17) is 26.1 Å². The summed E-state index contributed by atoms with van der Waals surface area (Å²) in [5.74, 6) is 1.52. The molecule has 1 fully saturated rings. The topological polar surface area (TPSA) is 68.7 Å². The van der Waals surface area contributed by atoms with Crippen LogP contribution in [0.4, 0.5) is 5.13 Å². The smallest absolute Gasteiger partial charge is 0.185 e. The Kier molecular flexibility index (Phi) is 6.93. The van der Waals surface area contributed by atoms with E-state index in [-0.39, 0.29) is 0 Å². The molecule has 0 unspecified atom stereocenters. The largest absolute Gasteiger partial charge is 0.497 e. The van der Waals surface area contributed by atoms with Gasteiger partial charge in [0.15, 0.2) is 15.0 Å². The molecule has 0 atom stereocenters. The molecule has 2 aromatic carbocycles. The van der Waals surface area contributed by atoms with Gasteiger partial charge in [0.25, 0.3) is 0 Å². The lowest BCUT2D eigenvalue weighted by Gasteiger charge is -2.31. The minimum Gasteiger partial charge on any atom is -0.497 e. The third kappa shape index (κ3) is 4.87. The van der Waals surface area contributed by atoms with Crippen LogP contribution in [0.1, 0.15) is 24.1 Å². The van der Waals surface area contributed by atoms with Crippen molar-refractivity contribution in [2.75, 3.05) is 32.2 Å². The number of sulfone groups is 1. The lowest BCUT2D eigenvalue weighted by molar-refractivity contribution is 0.391. The monoisotopic (exact) mass is 492 g/mol. The number of ether oxygens (including phenoxy) is 2. The Balaban J connectivity index is 1.41. The fourth-order valence-electron chi connectivity index (χ4n) is 3.91. The number of aromatic nitrogens is 1. The van der Waals surface area contributed by atoms with E-state index in [2.05, 4.69) is 4.90 Å². The molecule has 6 nitrogen and oxygen atoms in total. The van der Waals surface area contributed by atoms with Gasteiger partial charge in [-0.2, -0.15) is 0 Å². The molecular formula is C23H25ClN2O4S2. The van der Waals surface area contributed by atoms with Crippen molar-refractivity contribution in [1.29, 1.82) is 0 Å². The Labute approximate surface area is 197 Å². The zero-order valence-electron chi connectivity index (χ0n) is 18.0. The molecule has 0 amide bonds. The molecule has 0 spiro atoms. The van der Waals surface area contributed by atoms with Gasteiger partial charge in [0.05, 0.1) is 30.1 Å². The first-order valence-corrected chi connectivity index (χ1v) is 13.1. The second-order valence-electron chi connectivity index (χ2n) is 7.66. The average molecular weight is 493 g/mol. The van der Waals surface area contributed by atoms with Crippen molar-refractivity contribution >= 4 is 37.9 Å². The summed E-state index contributed by atoms with van der Waals surface area (Å²) in [4.78, 5) is 7.26. The highest BCUT2D eigenvalue weighted by Gasteiger charge is 2.32. The van der Waals surface area contributed by atoms with Crippen LogP contribution in [0.5, 0.6) is 11.5 Å². The quantitative estimate of drug-likeness (QED) is 0.469. The molecule has 0 bridgehead atoms. The molecular weight excluding hydrogens is 468 g/mol. The first-order chi connectivity index (χ1) is 15.4. The molecule has 170 valence electrons. The van der Waals surface area contributed by atoms with E-state index in [1.54, 1.807) is 43.8 Å². The molecule has 1 saturated heterocycles. The Morgan fingerprint density at radius 2 is 1.91 bits per heavy atom. The Morgan fingerprint density at radius 1 is 1.12 bits per heavy atom. The van der Waals surface area contributed by atoms with Crippen LogP contribution >= 0.6 is 22.9 Å². The summed E-state index contributed by atoms with van der Waals surface area (Å²) >= 11 is 7.58. The highest BCUT2D eigenvalue weighted by Crippen LogP contribution is 2.32. The predicted molar refractivity (Wildman–Crippen MR) is 128 cm³/mol. The zero-order chi connectivity index (χ0) is 22.7. The van der Waals surface area contributed by atoms with Crippen molar-refractivity contribution in [2.45, 2.75) is 29.4 Å². The molecule has 32 heavy (non-hydrogen) atoms. The molecule has 0 aliphatic carbocycles. The van der Waals surface area contributed by atoms with Crippen LogP contribution in [-0.4, -0.2) is 46.0 Å². The fourth-order valence-corrected chi connectivity index (χ4v) is 6.82. The third-order valence-electron chi connectivity index (χ3n) is 5.68. The van der Waals surface area contributed by atoms with Crippen LogP contribution in [0.25, 0.3) is 0 Å². The second-order valence-corrected chi connectivity index (χ2v) is 11.2. The summed E-state index contributed by atoms with van der Waals surface area (Å²) in [5, 5.41) is 3.01. The van der Waals surface area contributed by atoms with Crippen molar-refractivity contribution in [2.24, 2.45) is 0 Å². The lowest BCUT2D eigenvalue weighted by atomic mass is 10.1. The summed E-state index contributed by atoms with van der Waals surface area (Å²) in [6.45, 7) is 1.31. The third-order valence-corrected chi connectivity index (χ3v) is 9.13. The minimum atomic E-state index is -3.39. The Bertz CT molecular complexity index is 1190. The summed E-state index contributed by atoms with van der Waals surface area (Å²) < 4.78 is 36.7. The van der Waals surface area contributed by atoms with Crippen LogP contribution in [0.3, 0.4) is 0 Å². The van der Waals surface area contributed by atoms with Crippen LogP contribution in [0.15, 0.2) is 52.7 Å². The van der Waals surface area contributed by atoms with Crippen molar-refractivity contribution in [3.63, 3.8) is 0 Å². The second kappa shape index (κ2) is 9.68. The number of nitrogens with zero attached hydrogens (tertiary/aromatic N) is 2. The molecule has 2 heterocycles.